The standard InChI is InChI=1S/C14H11Cl3N2O3S/c15-14(16,17)13(19-11(20)10-6-3-7-23-10)18-9-5-2-1-4-8(9)12(21)22/h1-7,13,18H,(H,19,20)(H,21,22)/p-1/t13-/m1/s1. The molecule has 0 spiro atoms. The van der Waals surface area contributed by atoms with E-state index < -0.39 is 21.8 Å². The van der Waals surface area contributed by atoms with Crippen molar-refractivity contribution in [3.63, 3.8) is 0 Å². The van der Waals surface area contributed by atoms with E-state index in [2.05, 4.69) is 10.6 Å². The number of amides is 1. The number of aromatic carboxylic acids is 1. The molecule has 0 radical (unpaired) electrons. The number of nitrogens with one attached hydrogen (secondary N) is 2. The minimum atomic E-state index is -1.91. The summed E-state index contributed by atoms with van der Waals surface area (Å²) < 4.78 is -1.91. The highest BCUT2D eigenvalue weighted by Crippen LogP contribution is 2.32. The van der Waals surface area contributed by atoms with Crippen molar-refractivity contribution in [1.29, 1.82) is 0 Å². The fourth-order valence-corrected chi connectivity index (χ4v) is 2.71. The Hall–Kier alpha value is -1.47. The summed E-state index contributed by atoms with van der Waals surface area (Å²) >= 11 is 18.9. The summed E-state index contributed by atoms with van der Waals surface area (Å²) in [5.74, 6) is -1.84. The van der Waals surface area contributed by atoms with E-state index in [1.54, 1.807) is 23.6 Å². The number of thiophene rings is 1. The number of hydrogen-bond donors (Lipinski definition) is 2. The normalized spacial score (nSPS) is 12.5. The maximum Gasteiger partial charge on any atom is 0.263 e. The molecular weight excluding hydrogens is 383 g/mol. The molecule has 0 bridgehead atoms. The van der Waals surface area contributed by atoms with Gasteiger partial charge in [0, 0.05) is 11.3 Å². The number of hydrogen-bond acceptors (Lipinski definition) is 5. The average Bonchev–Trinajstić information content (AvgIpc) is 3.00. The van der Waals surface area contributed by atoms with Crippen LogP contribution in [-0.2, 0) is 0 Å². The summed E-state index contributed by atoms with van der Waals surface area (Å²) in [6, 6.07) is 9.28. The summed E-state index contributed by atoms with van der Waals surface area (Å²) in [5, 5.41) is 18.1. The zero-order chi connectivity index (χ0) is 17.0. The smallest absolute Gasteiger partial charge is 0.263 e. The van der Waals surface area contributed by atoms with Crippen molar-refractivity contribution < 1.29 is 14.7 Å². The first-order valence-corrected chi connectivity index (χ1v) is 8.28. The zero-order valence-corrected chi connectivity index (χ0v) is 14.5. The molecule has 23 heavy (non-hydrogen) atoms. The summed E-state index contributed by atoms with van der Waals surface area (Å²) in [4.78, 5) is 23.7. The van der Waals surface area contributed by atoms with Crippen molar-refractivity contribution in [3.8, 4) is 0 Å². The second-order valence-corrected chi connectivity index (χ2v) is 7.72. The van der Waals surface area contributed by atoms with Crippen molar-refractivity contribution in [2.75, 3.05) is 5.32 Å². The number of halogens is 3. The van der Waals surface area contributed by atoms with E-state index in [9.17, 15) is 14.7 Å². The molecular formula is C14H10Cl3N2O3S-. The van der Waals surface area contributed by atoms with Crippen LogP contribution < -0.4 is 15.7 Å². The second-order valence-electron chi connectivity index (χ2n) is 4.40. The minimum absolute atomic E-state index is 0.114. The van der Waals surface area contributed by atoms with E-state index in [0.29, 0.717) is 4.88 Å². The third-order valence-electron chi connectivity index (χ3n) is 2.79. The maximum absolute atomic E-state index is 12.1. The molecule has 0 saturated carbocycles. The van der Waals surface area contributed by atoms with Crippen LogP contribution in [0.1, 0.15) is 20.0 Å². The molecule has 1 atom stereocenters. The first kappa shape index (κ1) is 17.9. The molecule has 0 fully saturated rings. The van der Waals surface area contributed by atoms with Crippen molar-refractivity contribution in [2.45, 2.75) is 9.96 Å². The maximum atomic E-state index is 12.1. The van der Waals surface area contributed by atoms with Crippen LogP contribution in [0.4, 0.5) is 5.69 Å². The molecule has 122 valence electrons. The van der Waals surface area contributed by atoms with E-state index in [0.717, 1.165) is 0 Å². The van der Waals surface area contributed by atoms with Crippen LogP contribution in [0, 0.1) is 0 Å². The van der Waals surface area contributed by atoms with E-state index in [4.69, 9.17) is 34.8 Å². The molecule has 0 saturated heterocycles. The lowest BCUT2D eigenvalue weighted by Gasteiger charge is -2.28. The fraction of sp³-hybridized carbons (Fsp3) is 0.143. The lowest BCUT2D eigenvalue weighted by atomic mass is 10.2. The lowest BCUT2D eigenvalue weighted by Crippen LogP contribution is -2.49. The number of carbonyl (C=O) groups is 2. The van der Waals surface area contributed by atoms with Gasteiger partial charge in [-0.1, -0.05) is 59.1 Å². The van der Waals surface area contributed by atoms with Gasteiger partial charge in [-0.05, 0) is 17.5 Å². The van der Waals surface area contributed by atoms with Gasteiger partial charge in [0.1, 0.15) is 6.17 Å². The quantitative estimate of drug-likeness (QED) is 0.605. The number of para-hydroxylation sites is 1. The second kappa shape index (κ2) is 7.40. The summed E-state index contributed by atoms with van der Waals surface area (Å²) in [5.41, 5.74) is 0.0485. The van der Waals surface area contributed by atoms with Crippen LogP contribution >= 0.6 is 46.1 Å². The Morgan fingerprint density at radius 1 is 1.13 bits per heavy atom. The minimum Gasteiger partial charge on any atom is -0.545 e. The van der Waals surface area contributed by atoms with Crippen molar-refractivity contribution in [1.82, 2.24) is 5.32 Å². The van der Waals surface area contributed by atoms with Gasteiger partial charge in [-0.2, -0.15) is 0 Å². The zero-order valence-electron chi connectivity index (χ0n) is 11.4. The molecule has 1 aromatic heterocycles. The molecule has 0 aliphatic carbocycles. The number of carbonyl (C=O) groups excluding carboxylic acids is 2. The van der Waals surface area contributed by atoms with E-state index in [-0.39, 0.29) is 11.3 Å². The number of alkyl halides is 3. The highest BCUT2D eigenvalue weighted by Gasteiger charge is 2.34. The molecule has 1 amide bonds. The Labute approximate surface area is 151 Å². The molecule has 1 heterocycles. The van der Waals surface area contributed by atoms with Gasteiger partial charge in [-0.25, -0.2) is 0 Å². The topological polar surface area (TPSA) is 81.3 Å². The predicted octanol–water partition coefficient (Wildman–Crippen LogP) is 2.65. The Balaban J connectivity index is 2.24. The molecule has 0 unspecified atom stereocenters. The van der Waals surface area contributed by atoms with Crippen LogP contribution in [0.25, 0.3) is 0 Å². The van der Waals surface area contributed by atoms with Gasteiger partial charge in [0.15, 0.2) is 0 Å². The van der Waals surface area contributed by atoms with Crippen LogP contribution in [0.2, 0.25) is 0 Å². The third kappa shape index (κ3) is 4.75. The summed E-state index contributed by atoms with van der Waals surface area (Å²) in [6.07, 6.45) is -1.15. The van der Waals surface area contributed by atoms with Crippen LogP contribution in [-0.4, -0.2) is 21.8 Å². The molecule has 2 N–H and O–H groups in total. The number of carboxylic acids is 1. The lowest BCUT2D eigenvalue weighted by molar-refractivity contribution is -0.254. The molecule has 5 nitrogen and oxygen atoms in total. The Morgan fingerprint density at radius 3 is 2.39 bits per heavy atom. The van der Waals surface area contributed by atoms with Crippen LogP contribution in [0.5, 0.6) is 0 Å². The van der Waals surface area contributed by atoms with Gasteiger partial charge >= 0.3 is 0 Å². The Kier molecular flexibility index (Phi) is 5.75. The number of rotatable bonds is 5. The number of carboxylic acid groups (broad SMARTS) is 1. The van der Waals surface area contributed by atoms with E-state index >= 15 is 0 Å². The van der Waals surface area contributed by atoms with Gasteiger partial charge in [0.05, 0.1) is 10.8 Å². The van der Waals surface area contributed by atoms with Gasteiger partial charge in [0.2, 0.25) is 3.79 Å². The number of benzene rings is 1. The Bertz CT molecular complexity index is 702. The van der Waals surface area contributed by atoms with Crippen molar-refractivity contribution in [2.24, 2.45) is 0 Å². The van der Waals surface area contributed by atoms with Crippen LogP contribution in [0.15, 0.2) is 41.8 Å². The highest BCUT2D eigenvalue weighted by molar-refractivity contribution is 7.12. The molecule has 9 heteroatoms. The fourth-order valence-electron chi connectivity index (χ4n) is 1.75. The van der Waals surface area contributed by atoms with Crippen molar-refractivity contribution in [3.05, 3.63) is 52.2 Å². The average molecular weight is 393 g/mol. The molecule has 1 aromatic carbocycles. The van der Waals surface area contributed by atoms with Gasteiger partial charge in [-0.3, -0.25) is 4.79 Å². The first-order valence-electron chi connectivity index (χ1n) is 6.27. The first-order chi connectivity index (χ1) is 10.8. The van der Waals surface area contributed by atoms with Crippen molar-refractivity contribution >= 4 is 63.7 Å². The molecule has 2 rings (SSSR count). The molecule has 0 aliphatic heterocycles. The van der Waals surface area contributed by atoms with Gasteiger partial charge < -0.3 is 20.5 Å². The van der Waals surface area contributed by atoms with E-state index in [1.807, 2.05) is 0 Å². The monoisotopic (exact) mass is 391 g/mol. The van der Waals surface area contributed by atoms with Crippen LogP contribution in [0.3, 0.4) is 0 Å². The van der Waals surface area contributed by atoms with E-state index in [1.165, 1.54) is 29.5 Å². The largest absolute Gasteiger partial charge is 0.545 e. The predicted molar refractivity (Wildman–Crippen MR) is 90.3 cm³/mol. The third-order valence-corrected chi connectivity index (χ3v) is 4.32. The SMILES string of the molecule is O=C(N[C@@H](Nc1ccccc1C(=O)[O-])C(Cl)(Cl)Cl)c1cccs1. The van der Waals surface area contributed by atoms with Gasteiger partial charge in [-0.15, -0.1) is 11.3 Å². The summed E-state index contributed by atoms with van der Waals surface area (Å²) in [7, 11) is 0. The number of anilines is 1. The Morgan fingerprint density at radius 2 is 1.83 bits per heavy atom. The molecule has 2 aromatic rings. The molecule has 0 aliphatic rings. The highest BCUT2D eigenvalue weighted by atomic mass is 35.6. The summed E-state index contributed by atoms with van der Waals surface area (Å²) in [6.45, 7) is 0. The van der Waals surface area contributed by atoms with Gasteiger partial charge in [0.25, 0.3) is 5.91 Å².